The average Bonchev–Trinajstić information content (AvgIpc) is 2.08. The highest BCUT2D eigenvalue weighted by Gasteiger charge is 2.12. The quantitative estimate of drug-likeness (QED) is 0.557. The van der Waals surface area contributed by atoms with Crippen LogP contribution in [0.5, 0.6) is 0 Å². The van der Waals surface area contributed by atoms with Gasteiger partial charge >= 0.3 is 0 Å². The molecule has 0 heterocycles. The molecule has 1 atom stereocenters. The van der Waals surface area contributed by atoms with Crippen molar-refractivity contribution in [2.24, 2.45) is 16.5 Å². The summed E-state index contributed by atoms with van der Waals surface area (Å²) in [7, 11) is 0. The molecule has 0 fully saturated rings. The zero-order valence-corrected chi connectivity index (χ0v) is 7.67. The molecule has 0 aliphatic carbocycles. The van der Waals surface area contributed by atoms with E-state index in [4.69, 9.17) is 11.5 Å². The molecule has 14 heavy (non-hydrogen) atoms. The number of nitrogens with two attached hydrogens (primary N) is 2. The van der Waals surface area contributed by atoms with Crippen molar-refractivity contribution in [3.63, 3.8) is 0 Å². The van der Waals surface area contributed by atoms with Crippen LogP contribution in [-0.4, -0.2) is 5.96 Å². The summed E-state index contributed by atoms with van der Waals surface area (Å²) in [5.74, 6) is -1.97. The molecule has 4 N–H and O–H groups in total. The van der Waals surface area contributed by atoms with E-state index in [-0.39, 0.29) is 11.5 Å². The van der Waals surface area contributed by atoms with Crippen LogP contribution < -0.4 is 11.5 Å². The minimum absolute atomic E-state index is 0.137. The van der Waals surface area contributed by atoms with Crippen LogP contribution >= 0.6 is 0 Å². The molecule has 0 aliphatic rings. The van der Waals surface area contributed by atoms with Gasteiger partial charge in [0.25, 0.3) is 0 Å². The zero-order valence-electron chi connectivity index (χ0n) is 7.67. The highest BCUT2D eigenvalue weighted by atomic mass is 19.2. The lowest BCUT2D eigenvalue weighted by atomic mass is 10.1. The van der Waals surface area contributed by atoms with Crippen LogP contribution in [0.1, 0.15) is 18.5 Å². The molecule has 0 spiro atoms. The molecule has 3 nitrogen and oxygen atoms in total. The Bertz CT molecular complexity index is 359. The van der Waals surface area contributed by atoms with Crippen LogP contribution in [0.15, 0.2) is 23.2 Å². The van der Waals surface area contributed by atoms with Crippen LogP contribution in [0.3, 0.4) is 0 Å². The second kappa shape index (κ2) is 4.04. The lowest BCUT2D eigenvalue weighted by molar-refractivity contribution is 0.492. The maximum absolute atomic E-state index is 13.2. The molecule has 5 heteroatoms. The summed E-state index contributed by atoms with van der Waals surface area (Å²) in [6.45, 7) is 1.58. The van der Waals surface area contributed by atoms with E-state index < -0.39 is 17.7 Å². The Balaban J connectivity index is 3.07. The molecule has 0 radical (unpaired) electrons. The van der Waals surface area contributed by atoms with E-state index in [1.807, 2.05) is 0 Å². The molecule has 1 aromatic carbocycles. The van der Waals surface area contributed by atoms with Crippen LogP contribution in [0.4, 0.5) is 8.78 Å². The van der Waals surface area contributed by atoms with E-state index in [0.717, 1.165) is 6.07 Å². The van der Waals surface area contributed by atoms with Gasteiger partial charge < -0.3 is 11.5 Å². The molecule has 0 saturated carbocycles. The van der Waals surface area contributed by atoms with Crippen molar-refractivity contribution >= 4 is 5.96 Å². The second-order valence-electron chi connectivity index (χ2n) is 2.87. The molecular weight excluding hydrogens is 188 g/mol. The minimum atomic E-state index is -0.912. The summed E-state index contributed by atoms with van der Waals surface area (Å²) >= 11 is 0. The van der Waals surface area contributed by atoms with E-state index in [9.17, 15) is 8.78 Å². The lowest BCUT2D eigenvalue weighted by Crippen LogP contribution is -2.23. The van der Waals surface area contributed by atoms with Crippen molar-refractivity contribution in [3.8, 4) is 0 Å². The van der Waals surface area contributed by atoms with Gasteiger partial charge in [0.05, 0.1) is 6.04 Å². The molecule has 0 saturated heterocycles. The van der Waals surface area contributed by atoms with E-state index in [1.54, 1.807) is 6.92 Å². The van der Waals surface area contributed by atoms with Crippen molar-refractivity contribution in [2.75, 3.05) is 0 Å². The fourth-order valence-corrected chi connectivity index (χ4v) is 1.14. The number of guanidine groups is 1. The van der Waals surface area contributed by atoms with Gasteiger partial charge in [-0.3, -0.25) is 0 Å². The van der Waals surface area contributed by atoms with E-state index in [1.165, 1.54) is 12.1 Å². The van der Waals surface area contributed by atoms with E-state index in [2.05, 4.69) is 4.99 Å². The van der Waals surface area contributed by atoms with E-state index in [0.29, 0.717) is 0 Å². The fourth-order valence-electron chi connectivity index (χ4n) is 1.14. The second-order valence-corrected chi connectivity index (χ2v) is 2.87. The van der Waals surface area contributed by atoms with E-state index >= 15 is 0 Å². The Labute approximate surface area is 80.4 Å². The number of rotatable bonds is 2. The van der Waals surface area contributed by atoms with Gasteiger partial charge in [0.2, 0.25) is 0 Å². The first-order valence-corrected chi connectivity index (χ1v) is 4.05. The standard InChI is InChI=1S/C9H11F2N3/c1-5(14-9(12)13)6-3-2-4-7(10)8(6)11/h2-5H,1H3,(H4,12,13,14)/t5-/m1/s1. The molecule has 0 amide bonds. The topological polar surface area (TPSA) is 64.4 Å². The van der Waals surface area contributed by atoms with Crippen LogP contribution in [0, 0.1) is 11.6 Å². The molecular formula is C9H11F2N3. The monoisotopic (exact) mass is 199 g/mol. The predicted molar refractivity (Wildman–Crippen MR) is 50.6 cm³/mol. The third-order valence-corrected chi connectivity index (χ3v) is 1.77. The molecule has 0 aliphatic heterocycles. The van der Waals surface area contributed by atoms with Gasteiger partial charge in [0, 0.05) is 5.56 Å². The van der Waals surface area contributed by atoms with Crippen molar-refractivity contribution < 1.29 is 8.78 Å². The molecule has 0 unspecified atom stereocenters. The first kappa shape index (κ1) is 10.4. The number of nitrogens with zero attached hydrogens (tertiary/aromatic N) is 1. The third kappa shape index (κ3) is 2.18. The van der Waals surface area contributed by atoms with Crippen molar-refractivity contribution in [2.45, 2.75) is 13.0 Å². The Morgan fingerprint density at radius 2 is 2.00 bits per heavy atom. The van der Waals surface area contributed by atoms with Gasteiger partial charge in [-0.05, 0) is 13.0 Å². The number of aliphatic imine (C=N–C) groups is 1. The van der Waals surface area contributed by atoms with Crippen LogP contribution in [-0.2, 0) is 0 Å². The average molecular weight is 199 g/mol. The maximum atomic E-state index is 13.2. The normalized spacial score (nSPS) is 12.2. The predicted octanol–water partition coefficient (Wildman–Crippen LogP) is 1.30. The molecule has 1 aromatic rings. The van der Waals surface area contributed by atoms with Crippen molar-refractivity contribution in [1.29, 1.82) is 0 Å². The number of hydrogen-bond donors (Lipinski definition) is 2. The summed E-state index contributed by atoms with van der Waals surface area (Å²) in [5, 5.41) is 0. The maximum Gasteiger partial charge on any atom is 0.186 e. The highest BCUT2D eigenvalue weighted by Crippen LogP contribution is 2.21. The summed E-state index contributed by atoms with van der Waals surface area (Å²) in [6, 6.07) is 3.30. The van der Waals surface area contributed by atoms with Gasteiger partial charge in [-0.25, -0.2) is 13.8 Å². The lowest BCUT2D eigenvalue weighted by Gasteiger charge is -2.08. The SMILES string of the molecule is C[C@@H](N=C(N)N)c1cccc(F)c1F. The van der Waals surface area contributed by atoms with Crippen LogP contribution in [0.2, 0.25) is 0 Å². The first-order valence-electron chi connectivity index (χ1n) is 4.05. The zero-order chi connectivity index (χ0) is 10.7. The largest absolute Gasteiger partial charge is 0.370 e. The Kier molecular flexibility index (Phi) is 3.01. The minimum Gasteiger partial charge on any atom is -0.370 e. The summed E-state index contributed by atoms with van der Waals surface area (Å²) in [5.41, 5.74) is 10.4. The van der Waals surface area contributed by atoms with Gasteiger partial charge in [0.1, 0.15) is 0 Å². The van der Waals surface area contributed by atoms with Gasteiger partial charge in [-0.1, -0.05) is 12.1 Å². The fraction of sp³-hybridized carbons (Fsp3) is 0.222. The highest BCUT2D eigenvalue weighted by molar-refractivity contribution is 5.75. The van der Waals surface area contributed by atoms with Crippen molar-refractivity contribution in [1.82, 2.24) is 0 Å². The van der Waals surface area contributed by atoms with Gasteiger partial charge in [-0.2, -0.15) is 0 Å². The Hall–Kier alpha value is -1.65. The summed E-state index contributed by atoms with van der Waals surface area (Å²) in [6.07, 6.45) is 0. The molecule has 76 valence electrons. The Morgan fingerprint density at radius 3 is 2.57 bits per heavy atom. The van der Waals surface area contributed by atoms with Gasteiger partial charge in [-0.15, -0.1) is 0 Å². The van der Waals surface area contributed by atoms with Gasteiger partial charge in [0.15, 0.2) is 17.6 Å². The summed E-state index contributed by atoms with van der Waals surface area (Å²) < 4.78 is 26.0. The Morgan fingerprint density at radius 1 is 1.36 bits per heavy atom. The first-order chi connectivity index (χ1) is 6.52. The number of benzene rings is 1. The number of halogens is 2. The van der Waals surface area contributed by atoms with Crippen LogP contribution in [0.25, 0.3) is 0 Å². The smallest absolute Gasteiger partial charge is 0.186 e. The third-order valence-electron chi connectivity index (χ3n) is 1.77. The molecule has 1 rings (SSSR count). The molecule has 0 bridgehead atoms. The van der Waals surface area contributed by atoms with Crippen molar-refractivity contribution in [3.05, 3.63) is 35.4 Å². The molecule has 0 aromatic heterocycles. The summed E-state index contributed by atoms with van der Waals surface area (Å²) in [4.78, 5) is 3.72. The number of hydrogen-bond acceptors (Lipinski definition) is 1.